The number of piperidine rings is 1. The van der Waals surface area contributed by atoms with Crippen molar-refractivity contribution in [3.63, 3.8) is 0 Å². The predicted octanol–water partition coefficient (Wildman–Crippen LogP) is 2.46. The van der Waals surface area contributed by atoms with Crippen molar-refractivity contribution < 1.29 is 0 Å². The molecule has 1 saturated heterocycles. The zero-order chi connectivity index (χ0) is 13.0. The topological polar surface area (TPSA) is 25.2 Å². The summed E-state index contributed by atoms with van der Waals surface area (Å²) in [4.78, 5) is 14.3. The standard InChI is InChI=1S/C15H24N2O/c1-13(2)14-6-7-15(18)17(12-14)11-10-16-8-4-3-5-9-16/h6-7,12-13H,3-5,8-11H2,1-2H3. The van der Waals surface area contributed by atoms with Crippen LogP contribution in [-0.2, 0) is 6.54 Å². The summed E-state index contributed by atoms with van der Waals surface area (Å²) in [5.74, 6) is 0.479. The maximum Gasteiger partial charge on any atom is 0.250 e. The Hall–Kier alpha value is -1.09. The first kappa shape index (κ1) is 13.3. The molecule has 3 nitrogen and oxygen atoms in total. The lowest BCUT2D eigenvalue weighted by molar-refractivity contribution is 0.220. The van der Waals surface area contributed by atoms with Crippen LogP contribution < -0.4 is 5.56 Å². The Morgan fingerprint density at radius 3 is 2.50 bits per heavy atom. The molecular weight excluding hydrogens is 224 g/mol. The van der Waals surface area contributed by atoms with Crippen LogP contribution in [0, 0.1) is 0 Å². The zero-order valence-electron chi connectivity index (χ0n) is 11.6. The van der Waals surface area contributed by atoms with Gasteiger partial charge in [-0.2, -0.15) is 0 Å². The van der Waals surface area contributed by atoms with Crippen molar-refractivity contribution in [2.75, 3.05) is 19.6 Å². The van der Waals surface area contributed by atoms with Crippen LogP contribution in [0.3, 0.4) is 0 Å². The summed E-state index contributed by atoms with van der Waals surface area (Å²) in [6.07, 6.45) is 6.00. The van der Waals surface area contributed by atoms with Crippen LogP contribution in [0.25, 0.3) is 0 Å². The van der Waals surface area contributed by atoms with E-state index in [9.17, 15) is 4.79 Å². The second-order valence-corrected chi connectivity index (χ2v) is 5.55. The minimum Gasteiger partial charge on any atom is -0.314 e. The van der Waals surface area contributed by atoms with Gasteiger partial charge in [-0.1, -0.05) is 26.3 Å². The van der Waals surface area contributed by atoms with Gasteiger partial charge in [0.25, 0.3) is 5.56 Å². The number of aromatic nitrogens is 1. The van der Waals surface area contributed by atoms with E-state index in [-0.39, 0.29) is 5.56 Å². The summed E-state index contributed by atoms with van der Waals surface area (Å²) in [6.45, 7) is 8.53. The van der Waals surface area contributed by atoms with E-state index in [1.165, 1.54) is 37.9 Å². The minimum absolute atomic E-state index is 0.122. The lowest BCUT2D eigenvalue weighted by atomic mass is 10.1. The van der Waals surface area contributed by atoms with E-state index in [2.05, 4.69) is 18.7 Å². The van der Waals surface area contributed by atoms with Gasteiger partial charge >= 0.3 is 0 Å². The SMILES string of the molecule is CC(C)c1ccc(=O)n(CCN2CCCCC2)c1. The summed E-state index contributed by atoms with van der Waals surface area (Å²) >= 11 is 0. The Kier molecular flexibility index (Phi) is 4.59. The van der Waals surface area contributed by atoms with Gasteiger partial charge in [-0.3, -0.25) is 4.79 Å². The molecule has 100 valence electrons. The van der Waals surface area contributed by atoms with E-state index < -0.39 is 0 Å². The van der Waals surface area contributed by atoms with Gasteiger partial charge in [-0.05, 0) is 37.4 Å². The van der Waals surface area contributed by atoms with Gasteiger partial charge in [0.05, 0.1) is 0 Å². The average Bonchev–Trinajstić information content (AvgIpc) is 2.38. The van der Waals surface area contributed by atoms with Gasteiger partial charge in [0.2, 0.25) is 0 Å². The quantitative estimate of drug-likeness (QED) is 0.818. The van der Waals surface area contributed by atoms with Crippen molar-refractivity contribution >= 4 is 0 Å². The van der Waals surface area contributed by atoms with Gasteiger partial charge in [0, 0.05) is 25.4 Å². The zero-order valence-corrected chi connectivity index (χ0v) is 11.6. The molecule has 0 atom stereocenters. The van der Waals surface area contributed by atoms with E-state index in [0.29, 0.717) is 5.92 Å². The number of nitrogens with zero attached hydrogens (tertiary/aromatic N) is 2. The Labute approximate surface area is 109 Å². The number of likely N-dealkylation sites (tertiary alicyclic amines) is 1. The van der Waals surface area contributed by atoms with E-state index in [1.54, 1.807) is 6.07 Å². The molecule has 3 heteroatoms. The van der Waals surface area contributed by atoms with Crippen molar-refractivity contribution in [3.05, 3.63) is 34.2 Å². The first-order valence-corrected chi connectivity index (χ1v) is 7.09. The van der Waals surface area contributed by atoms with Crippen molar-refractivity contribution in [2.45, 2.75) is 45.6 Å². The fourth-order valence-electron chi connectivity index (χ4n) is 2.50. The Bertz CT molecular complexity index is 430. The molecule has 1 aromatic rings. The smallest absolute Gasteiger partial charge is 0.250 e. The average molecular weight is 248 g/mol. The molecule has 0 aromatic carbocycles. The minimum atomic E-state index is 0.122. The summed E-state index contributed by atoms with van der Waals surface area (Å²) in [5.41, 5.74) is 1.37. The summed E-state index contributed by atoms with van der Waals surface area (Å²) in [5, 5.41) is 0. The molecule has 0 unspecified atom stereocenters. The first-order valence-electron chi connectivity index (χ1n) is 7.09. The molecule has 1 aliphatic rings. The van der Waals surface area contributed by atoms with Crippen molar-refractivity contribution in [3.8, 4) is 0 Å². The fourth-order valence-corrected chi connectivity index (χ4v) is 2.50. The second-order valence-electron chi connectivity index (χ2n) is 5.55. The highest BCUT2D eigenvalue weighted by molar-refractivity contribution is 5.13. The molecule has 1 aromatic heterocycles. The van der Waals surface area contributed by atoms with E-state index in [4.69, 9.17) is 0 Å². The maximum atomic E-state index is 11.8. The molecule has 1 aliphatic heterocycles. The van der Waals surface area contributed by atoms with E-state index in [1.807, 2.05) is 16.8 Å². The van der Waals surface area contributed by atoms with Gasteiger partial charge in [0.15, 0.2) is 0 Å². The summed E-state index contributed by atoms with van der Waals surface area (Å²) < 4.78 is 1.87. The Morgan fingerprint density at radius 2 is 1.83 bits per heavy atom. The molecule has 2 heterocycles. The molecule has 0 bridgehead atoms. The molecule has 18 heavy (non-hydrogen) atoms. The molecular formula is C15H24N2O. The lowest BCUT2D eigenvalue weighted by Gasteiger charge is -2.26. The predicted molar refractivity (Wildman–Crippen MR) is 75.1 cm³/mol. The fraction of sp³-hybridized carbons (Fsp3) is 0.667. The van der Waals surface area contributed by atoms with Crippen LogP contribution in [0.5, 0.6) is 0 Å². The molecule has 0 spiro atoms. The van der Waals surface area contributed by atoms with Crippen molar-refractivity contribution in [2.24, 2.45) is 0 Å². The molecule has 0 N–H and O–H groups in total. The van der Waals surface area contributed by atoms with Crippen LogP contribution in [-0.4, -0.2) is 29.1 Å². The highest BCUT2D eigenvalue weighted by atomic mass is 16.1. The summed E-state index contributed by atoms with van der Waals surface area (Å²) in [6, 6.07) is 3.65. The lowest BCUT2D eigenvalue weighted by Crippen LogP contribution is -2.34. The molecule has 1 fully saturated rings. The Morgan fingerprint density at radius 1 is 1.11 bits per heavy atom. The third kappa shape index (κ3) is 3.45. The number of rotatable bonds is 4. The normalized spacial score (nSPS) is 17.3. The van der Waals surface area contributed by atoms with Crippen LogP contribution in [0.15, 0.2) is 23.1 Å². The van der Waals surface area contributed by atoms with Gasteiger partial charge in [-0.25, -0.2) is 0 Å². The van der Waals surface area contributed by atoms with Crippen molar-refractivity contribution in [1.82, 2.24) is 9.47 Å². The van der Waals surface area contributed by atoms with Crippen LogP contribution in [0.2, 0.25) is 0 Å². The third-order valence-corrected chi connectivity index (χ3v) is 3.78. The highest BCUT2D eigenvalue weighted by Crippen LogP contribution is 2.12. The third-order valence-electron chi connectivity index (χ3n) is 3.78. The molecule has 0 aliphatic carbocycles. The molecule has 2 rings (SSSR count). The van der Waals surface area contributed by atoms with E-state index >= 15 is 0 Å². The van der Waals surface area contributed by atoms with Gasteiger partial charge in [-0.15, -0.1) is 0 Å². The van der Waals surface area contributed by atoms with Gasteiger partial charge in [0.1, 0.15) is 0 Å². The number of pyridine rings is 1. The molecule has 0 amide bonds. The monoisotopic (exact) mass is 248 g/mol. The van der Waals surface area contributed by atoms with Gasteiger partial charge < -0.3 is 9.47 Å². The maximum absolute atomic E-state index is 11.8. The van der Waals surface area contributed by atoms with E-state index in [0.717, 1.165) is 13.1 Å². The van der Waals surface area contributed by atoms with Crippen LogP contribution >= 0.6 is 0 Å². The highest BCUT2D eigenvalue weighted by Gasteiger charge is 2.10. The second kappa shape index (κ2) is 6.19. The Balaban J connectivity index is 1.99. The number of hydrogen-bond donors (Lipinski definition) is 0. The van der Waals surface area contributed by atoms with Crippen LogP contribution in [0.4, 0.5) is 0 Å². The number of hydrogen-bond acceptors (Lipinski definition) is 2. The summed E-state index contributed by atoms with van der Waals surface area (Å²) in [7, 11) is 0. The molecule has 0 radical (unpaired) electrons. The van der Waals surface area contributed by atoms with Crippen molar-refractivity contribution in [1.29, 1.82) is 0 Å². The first-order chi connectivity index (χ1) is 8.66. The van der Waals surface area contributed by atoms with Crippen LogP contribution in [0.1, 0.15) is 44.6 Å². The largest absolute Gasteiger partial charge is 0.314 e. The molecule has 0 saturated carbocycles.